The molecule has 1 unspecified atom stereocenters. The number of para-hydroxylation sites is 1. The van der Waals surface area contributed by atoms with E-state index in [-0.39, 0.29) is 6.41 Å². The molecule has 1 heterocycles. The predicted molar refractivity (Wildman–Crippen MR) is 86.9 cm³/mol. The molecule has 2 aromatic carbocycles. The van der Waals surface area contributed by atoms with Crippen molar-refractivity contribution in [3.63, 3.8) is 0 Å². The first-order valence-corrected chi connectivity index (χ1v) is 6.93. The van der Waals surface area contributed by atoms with Crippen LogP contribution in [0.1, 0.15) is 5.56 Å². The Morgan fingerprint density at radius 1 is 1.17 bits per heavy atom. The van der Waals surface area contributed by atoms with Crippen LogP contribution in [0.15, 0.2) is 54.1 Å². The minimum atomic E-state index is -0.998. The Morgan fingerprint density at radius 2 is 1.87 bits per heavy atom. The van der Waals surface area contributed by atoms with E-state index in [2.05, 4.69) is 5.73 Å². The number of aliphatic hydroxyl groups is 1. The van der Waals surface area contributed by atoms with Crippen molar-refractivity contribution in [1.29, 1.82) is 0 Å². The van der Waals surface area contributed by atoms with Gasteiger partial charge in [0, 0.05) is 11.1 Å². The minimum absolute atomic E-state index is 0.250. The van der Waals surface area contributed by atoms with Crippen molar-refractivity contribution in [3.05, 3.63) is 59.7 Å². The normalized spacial score (nSPS) is 13.4. The number of primary amides is 1. The van der Waals surface area contributed by atoms with Crippen molar-refractivity contribution in [2.24, 2.45) is 11.5 Å². The summed E-state index contributed by atoms with van der Waals surface area (Å²) in [6.45, 7) is 0.309. The van der Waals surface area contributed by atoms with Gasteiger partial charge in [0.15, 0.2) is 0 Å². The second kappa shape index (κ2) is 7.98. The lowest BCUT2D eigenvalue weighted by Gasteiger charge is -2.20. The van der Waals surface area contributed by atoms with E-state index in [1.165, 1.54) is 0 Å². The maximum Gasteiger partial charge on any atom is 0.204 e. The number of rotatable bonds is 3. The zero-order chi connectivity index (χ0) is 16.7. The van der Waals surface area contributed by atoms with Crippen LogP contribution < -0.4 is 20.9 Å². The van der Waals surface area contributed by atoms with Gasteiger partial charge in [0.2, 0.25) is 6.41 Å². The van der Waals surface area contributed by atoms with Crippen molar-refractivity contribution < 1.29 is 19.4 Å². The van der Waals surface area contributed by atoms with Gasteiger partial charge in [0.05, 0.1) is 0 Å². The van der Waals surface area contributed by atoms with Crippen LogP contribution in [-0.2, 0) is 4.79 Å². The number of hydrogen-bond acceptors (Lipinski definition) is 5. The Labute approximate surface area is 133 Å². The first kappa shape index (κ1) is 16.5. The quantitative estimate of drug-likeness (QED) is 0.589. The third-order valence-corrected chi connectivity index (χ3v) is 3.08. The summed E-state index contributed by atoms with van der Waals surface area (Å²) >= 11 is 0. The van der Waals surface area contributed by atoms with Gasteiger partial charge in [0.25, 0.3) is 0 Å². The van der Waals surface area contributed by atoms with Crippen molar-refractivity contribution in [3.8, 4) is 17.2 Å². The van der Waals surface area contributed by atoms with Crippen LogP contribution in [0.25, 0.3) is 6.08 Å². The van der Waals surface area contributed by atoms with E-state index >= 15 is 0 Å². The van der Waals surface area contributed by atoms with Gasteiger partial charge in [-0.15, -0.1) is 0 Å². The van der Waals surface area contributed by atoms with Crippen molar-refractivity contribution in [1.82, 2.24) is 0 Å². The van der Waals surface area contributed by atoms with E-state index in [0.717, 1.165) is 17.1 Å². The summed E-state index contributed by atoms with van der Waals surface area (Å²) in [6, 6.07) is 15.1. The van der Waals surface area contributed by atoms with Crippen molar-refractivity contribution in [2.45, 2.75) is 6.23 Å². The summed E-state index contributed by atoms with van der Waals surface area (Å²) in [5.41, 5.74) is 11.1. The van der Waals surface area contributed by atoms with E-state index < -0.39 is 6.23 Å². The topological polar surface area (TPSA) is 108 Å². The number of hydrogen-bond donors (Lipinski definition) is 3. The van der Waals surface area contributed by atoms with Crippen LogP contribution in [0.5, 0.6) is 17.2 Å². The Bertz CT molecular complexity index is 684. The number of fused-ring (bicyclic) bond motifs is 1. The molecule has 1 aliphatic rings. The fraction of sp³-hybridized carbons (Fsp3) is 0.118. The van der Waals surface area contributed by atoms with Gasteiger partial charge in [0.1, 0.15) is 30.1 Å². The molecule has 6 nitrogen and oxygen atoms in total. The third-order valence-electron chi connectivity index (χ3n) is 3.08. The predicted octanol–water partition coefficient (Wildman–Crippen LogP) is 1.63. The Balaban J connectivity index is 0.000000595. The molecule has 5 N–H and O–H groups in total. The van der Waals surface area contributed by atoms with Gasteiger partial charge in [-0.05, 0) is 36.4 Å². The molecule has 120 valence electrons. The van der Waals surface area contributed by atoms with E-state index in [1.807, 2.05) is 54.6 Å². The monoisotopic (exact) mass is 314 g/mol. The van der Waals surface area contributed by atoms with E-state index in [1.54, 1.807) is 0 Å². The lowest BCUT2D eigenvalue weighted by atomic mass is 10.1. The summed E-state index contributed by atoms with van der Waals surface area (Å²) < 4.78 is 11.3. The molecule has 0 spiro atoms. The number of aliphatic hydroxyl groups excluding tert-OH is 1. The van der Waals surface area contributed by atoms with Gasteiger partial charge in [-0.25, -0.2) is 0 Å². The number of nitrogens with two attached hydrogens (primary N) is 2. The van der Waals surface area contributed by atoms with Crippen molar-refractivity contribution in [2.75, 3.05) is 6.61 Å². The molecule has 0 saturated carbocycles. The highest BCUT2D eigenvalue weighted by Gasteiger charge is 2.15. The standard InChI is InChI=1S/C16H15NO3.CH3NO/c17-16(18)12-8-11-9-14(6-7-15(11)19-10-12)20-13-4-2-1-3-5-13;2-1-3/h1-9,16,18H,10,17H2;1H,(H2,2,3). The molecular weight excluding hydrogens is 296 g/mol. The number of carbonyl (C=O) groups is 1. The van der Waals surface area contributed by atoms with Gasteiger partial charge >= 0.3 is 0 Å². The van der Waals surface area contributed by atoms with Gasteiger partial charge < -0.3 is 26.0 Å². The molecule has 0 radical (unpaired) electrons. The maximum absolute atomic E-state index is 9.41. The molecule has 0 aromatic heterocycles. The highest BCUT2D eigenvalue weighted by Crippen LogP contribution is 2.32. The molecule has 1 amide bonds. The Morgan fingerprint density at radius 3 is 2.52 bits per heavy atom. The SMILES string of the molecule is NC(O)C1=Cc2cc(Oc3ccccc3)ccc2OC1.NC=O. The molecule has 0 fully saturated rings. The first-order chi connectivity index (χ1) is 11.1. The molecule has 0 saturated heterocycles. The first-order valence-electron chi connectivity index (χ1n) is 6.93. The van der Waals surface area contributed by atoms with E-state index in [0.29, 0.717) is 17.9 Å². The van der Waals surface area contributed by atoms with Crippen LogP contribution in [-0.4, -0.2) is 24.4 Å². The minimum Gasteiger partial charge on any atom is -0.488 e. The molecule has 1 aliphatic heterocycles. The number of ether oxygens (including phenoxy) is 2. The highest BCUT2D eigenvalue weighted by molar-refractivity contribution is 5.64. The lowest BCUT2D eigenvalue weighted by molar-refractivity contribution is -0.106. The molecule has 6 heteroatoms. The summed E-state index contributed by atoms with van der Waals surface area (Å²) in [4.78, 5) is 8.58. The van der Waals surface area contributed by atoms with E-state index in [4.69, 9.17) is 20.0 Å². The second-order valence-electron chi connectivity index (χ2n) is 4.70. The van der Waals surface area contributed by atoms with Crippen LogP contribution in [0, 0.1) is 0 Å². The van der Waals surface area contributed by atoms with Crippen LogP contribution in [0.2, 0.25) is 0 Å². The molecule has 2 aromatic rings. The van der Waals surface area contributed by atoms with Crippen LogP contribution in [0.3, 0.4) is 0 Å². The summed E-state index contributed by atoms with van der Waals surface area (Å²) in [6.07, 6.45) is 1.09. The summed E-state index contributed by atoms with van der Waals surface area (Å²) in [5, 5.41) is 9.41. The molecule has 1 atom stereocenters. The zero-order valence-electron chi connectivity index (χ0n) is 12.4. The fourth-order valence-electron chi connectivity index (χ4n) is 2.03. The number of benzene rings is 2. The highest BCUT2D eigenvalue weighted by atomic mass is 16.5. The smallest absolute Gasteiger partial charge is 0.204 e. The fourth-order valence-corrected chi connectivity index (χ4v) is 2.03. The Kier molecular flexibility index (Phi) is 5.74. The van der Waals surface area contributed by atoms with E-state index in [9.17, 15) is 5.11 Å². The largest absolute Gasteiger partial charge is 0.488 e. The maximum atomic E-state index is 9.41. The number of amides is 1. The zero-order valence-corrected chi connectivity index (χ0v) is 12.4. The molecule has 23 heavy (non-hydrogen) atoms. The van der Waals surface area contributed by atoms with Crippen LogP contribution in [0.4, 0.5) is 0 Å². The average Bonchev–Trinajstić information content (AvgIpc) is 2.56. The summed E-state index contributed by atoms with van der Waals surface area (Å²) in [5.74, 6) is 2.24. The van der Waals surface area contributed by atoms with Gasteiger partial charge in [-0.1, -0.05) is 18.2 Å². The summed E-state index contributed by atoms with van der Waals surface area (Å²) in [7, 11) is 0. The molecular formula is C17H18N2O4. The van der Waals surface area contributed by atoms with Gasteiger partial charge in [-0.2, -0.15) is 0 Å². The average molecular weight is 314 g/mol. The molecule has 0 bridgehead atoms. The van der Waals surface area contributed by atoms with Crippen LogP contribution >= 0.6 is 0 Å². The molecule has 0 aliphatic carbocycles. The van der Waals surface area contributed by atoms with Crippen molar-refractivity contribution >= 4 is 12.5 Å². The number of carbonyl (C=O) groups excluding carboxylic acids is 1. The Hall–Kier alpha value is -2.83. The second-order valence-corrected chi connectivity index (χ2v) is 4.70. The third kappa shape index (κ3) is 4.57. The molecule has 3 rings (SSSR count). The lowest BCUT2D eigenvalue weighted by Crippen LogP contribution is -2.26. The van der Waals surface area contributed by atoms with Gasteiger partial charge in [-0.3, -0.25) is 4.79 Å².